The van der Waals surface area contributed by atoms with Gasteiger partial charge < -0.3 is 10.3 Å². The van der Waals surface area contributed by atoms with Crippen molar-refractivity contribution in [1.82, 2.24) is 14.8 Å². The minimum atomic E-state index is -0.236. The van der Waals surface area contributed by atoms with E-state index in [2.05, 4.69) is 14.8 Å². The van der Waals surface area contributed by atoms with Gasteiger partial charge in [0.05, 0.1) is 0 Å². The molecule has 0 amide bonds. The van der Waals surface area contributed by atoms with Gasteiger partial charge in [-0.3, -0.25) is 0 Å². The maximum absolute atomic E-state index is 12.9. The van der Waals surface area contributed by atoms with E-state index < -0.39 is 0 Å². The fraction of sp³-hybridized carbons (Fsp3) is 0.385. The molecule has 0 spiro atoms. The van der Waals surface area contributed by atoms with Crippen LogP contribution < -0.4 is 5.73 Å². The molecule has 2 aromatic rings. The summed E-state index contributed by atoms with van der Waals surface area (Å²) in [6.45, 7) is 1.58. The number of hydrogen-bond donors (Lipinski definition) is 1. The van der Waals surface area contributed by atoms with Gasteiger partial charge in [-0.2, -0.15) is 0 Å². The average Bonchev–Trinajstić information content (AvgIpc) is 2.82. The number of benzene rings is 1. The molecular formula is C13H15FN4. The predicted octanol–water partition coefficient (Wildman–Crippen LogP) is 1.61. The molecule has 3 rings (SSSR count). The van der Waals surface area contributed by atoms with Gasteiger partial charge in [-0.15, -0.1) is 10.2 Å². The average molecular weight is 246 g/mol. The highest BCUT2D eigenvalue weighted by Crippen LogP contribution is 2.25. The van der Waals surface area contributed by atoms with E-state index >= 15 is 0 Å². The lowest BCUT2D eigenvalue weighted by molar-refractivity contribution is 0.391. The number of rotatable bonds is 2. The first-order valence-corrected chi connectivity index (χ1v) is 6.16. The smallest absolute Gasteiger partial charge is 0.163 e. The van der Waals surface area contributed by atoms with Crippen LogP contribution >= 0.6 is 0 Å². The molecule has 0 aliphatic carbocycles. The molecule has 0 radical (unpaired) electrons. The Balaban J connectivity index is 1.96. The number of halogens is 1. The van der Waals surface area contributed by atoms with Crippen LogP contribution in [0.15, 0.2) is 24.3 Å². The molecule has 1 unspecified atom stereocenters. The van der Waals surface area contributed by atoms with E-state index in [1.807, 2.05) is 0 Å². The molecule has 1 aliphatic heterocycles. The van der Waals surface area contributed by atoms with Crippen molar-refractivity contribution >= 4 is 0 Å². The molecule has 94 valence electrons. The van der Waals surface area contributed by atoms with Gasteiger partial charge in [0, 0.05) is 18.5 Å². The Bertz CT molecular complexity index is 547. The Morgan fingerprint density at radius 2 is 2.06 bits per heavy atom. The Hall–Kier alpha value is -1.75. The summed E-state index contributed by atoms with van der Waals surface area (Å²) in [6, 6.07) is 6.37. The van der Waals surface area contributed by atoms with Gasteiger partial charge in [0.2, 0.25) is 0 Å². The van der Waals surface area contributed by atoms with E-state index in [0.717, 1.165) is 36.6 Å². The van der Waals surface area contributed by atoms with Crippen LogP contribution in [-0.2, 0) is 13.0 Å². The fourth-order valence-electron chi connectivity index (χ4n) is 2.41. The molecule has 4 nitrogen and oxygen atoms in total. The lowest BCUT2D eigenvalue weighted by Gasteiger charge is -2.22. The van der Waals surface area contributed by atoms with Crippen molar-refractivity contribution in [2.45, 2.75) is 19.4 Å². The zero-order valence-corrected chi connectivity index (χ0v) is 10.0. The van der Waals surface area contributed by atoms with Crippen LogP contribution in [0, 0.1) is 11.7 Å². The number of aromatic nitrogens is 3. The maximum Gasteiger partial charge on any atom is 0.163 e. The molecule has 2 heterocycles. The highest BCUT2D eigenvalue weighted by atomic mass is 19.1. The highest BCUT2D eigenvalue weighted by molar-refractivity contribution is 5.55. The summed E-state index contributed by atoms with van der Waals surface area (Å²) in [5, 5.41) is 8.43. The van der Waals surface area contributed by atoms with E-state index in [0.29, 0.717) is 12.5 Å². The van der Waals surface area contributed by atoms with Crippen molar-refractivity contribution in [3.63, 3.8) is 0 Å². The van der Waals surface area contributed by atoms with Crippen molar-refractivity contribution < 1.29 is 4.39 Å². The van der Waals surface area contributed by atoms with Crippen molar-refractivity contribution in [3.05, 3.63) is 35.9 Å². The van der Waals surface area contributed by atoms with E-state index in [9.17, 15) is 4.39 Å². The van der Waals surface area contributed by atoms with Gasteiger partial charge in [-0.05, 0) is 43.1 Å². The minimum Gasteiger partial charge on any atom is -0.330 e. The summed E-state index contributed by atoms with van der Waals surface area (Å²) in [5.41, 5.74) is 6.60. The third-order valence-electron chi connectivity index (χ3n) is 3.50. The molecule has 0 saturated carbocycles. The molecular weight excluding hydrogens is 231 g/mol. The lowest BCUT2D eigenvalue weighted by atomic mass is 9.98. The Labute approximate surface area is 105 Å². The molecule has 18 heavy (non-hydrogen) atoms. The van der Waals surface area contributed by atoms with Crippen molar-refractivity contribution in [1.29, 1.82) is 0 Å². The predicted molar refractivity (Wildman–Crippen MR) is 66.3 cm³/mol. The van der Waals surface area contributed by atoms with E-state index in [1.54, 1.807) is 12.1 Å². The van der Waals surface area contributed by atoms with Crippen LogP contribution in [0.5, 0.6) is 0 Å². The Kier molecular flexibility index (Phi) is 2.83. The van der Waals surface area contributed by atoms with Crippen LogP contribution in [-0.4, -0.2) is 21.3 Å². The van der Waals surface area contributed by atoms with Gasteiger partial charge in [-0.25, -0.2) is 4.39 Å². The number of fused-ring (bicyclic) bond motifs is 1. The molecule has 2 N–H and O–H groups in total. The first-order valence-electron chi connectivity index (χ1n) is 6.16. The maximum atomic E-state index is 12.9. The summed E-state index contributed by atoms with van der Waals surface area (Å²) in [5.74, 6) is 2.07. The summed E-state index contributed by atoms with van der Waals surface area (Å²) in [7, 11) is 0. The zero-order chi connectivity index (χ0) is 12.5. The van der Waals surface area contributed by atoms with Crippen molar-refractivity contribution in [2.75, 3.05) is 6.54 Å². The highest BCUT2D eigenvalue weighted by Gasteiger charge is 2.22. The number of hydrogen-bond acceptors (Lipinski definition) is 3. The number of nitrogens with two attached hydrogens (primary N) is 1. The van der Waals surface area contributed by atoms with Crippen LogP contribution in [0.1, 0.15) is 12.2 Å². The minimum absolute atomic E-state index is 0.236. The molecule has 0 bridgehead atoms. The van der Waals surface area contributed by atoms with Gasteiger partial charge in [0.25, 0.3) is 0 Å². The van der Waals surface area contributed by atoms with E-state index in [4.69, 9.17) is 5.73 Å². The van der Waals surface area contributed by atoms with Gasteiger partial charge in [0.15, 0.2) is 5.82 Å². The standard InChI is InChI=1S/C13H15FN4/c14-11-3-1-10(2-4-11)13-17-16-12-7-9(8-15)5-6-18(12)13/h1-4,9H,5-8,15H2. The molecule has 1 aliphatic rings. The molecule has 5 heteroatoms. The second kappa shape index (κ2) is 4.49. The van der Waals surface area contributed by atoms with Crippen LogP contribution in [0.4, 0.5) is 4.39 Å². The Morgan fingerprint density at radius 3 is 2.78 bits per heavy atom. The first kappa shape index (κ1) is 11.3. The molecule has 1 aromatic carbocycles. The first-order chi connectivity index (χ1) is 8.78. The van der Waals surface area contributed by atoms with Gasteiger partial charge in [-0.1, -0.05) is 0 Å². The molecule has 1 aromatic heterocycles. The Morgan fingerprint density at radius 1 is 1.28 bits per heavy atom. The topological polar surface area (TPSA) is 56.7 Å². The van der Waals surface area contributed by atoms with E-state index in [1.165, 1.54) is 12.1 Å². The summed E-state index contributed by atoms with van der Waals surface area (Å²) >= 11 is 0. The zero-order valence-electron chi connectivity index (χ0n) is 10.0. The van der Waals surface area contributed by atoms with Gasteiger partial charge >= 0.3 is 0 Å². The monoisotopic (exact) mass is 246 g/mol. The van der Waals surface area contributed by atoms with E-state index in [-0.39, 0.29) is 5.82 Å². The SMILES string of the molecule is NCC1CCn2c(nnc2-c2ccc(F)cc2)C1. The quantitative estimate of drug-likeness (QED) is 0.875. The van der Waals surface area contributed by atoms with Crippen molar-refractivity contribution in [3.8, 4) is 11.4 Å². The van der Waals surface area contributed by atoms with Gasteiger partial charge in [0.1, 0.15) is 11.6 Å². The third kappa shape index (κ3) is 1.90. The summed E-state index contributed by atoms with van der Waals surface area (Å²) in [4.78, 5) is 0. The van der Waals surface area contributed by atoms with Crippen LogP contribution in [0.25, 0.3) is 11.4 Å². The molecule has 0 saturated heterocycles. The van der Waals surface area contributed by atoms with Crippen molar-refractivity contribution in [2.24, 2.45) is 11.7 Å². The number of nitrogens with zero attached hydrogens (tertiary/aromatic N) is 3. The second-order valence-corrected chi connectivity index (χ2v) is 4.69. The summed E-state index contributed by atoms with van der Waals surface area (Å²) < 4.78 is 15.0. The normalized spacial score (nSPS) is 18.7. The largest absolute Gasteiger partial charge is 0.330 e. The van der Waals surface area contributed by atoms with Crippen LogP contribution in [0.2, 0.25) is 0 Å². The fourth-order valence-corrected chi connectivity index (χ4v) is 2.41. The summed E-state index contributed by atoms with van der Waals surface area (Å²) in [6.07, 6.45) is 1.93. The second-order valence-electron chi connectivity index (χ2n) is 4.69. The molecule has 1 atom stereocenters. The lowest BCUT2D eigenvalue weighted by Crippen LogP contribution is -2.25. The molecule has 0 fully saturated rings. The third-order valence-corrected chi connectivity index (χ3v) is 3.50. The van der Waals surface area contributed by atoms with Crippen LogP contribution in [0.3, 0.4) is 0 Å².